The minimum Gasteiger partial charge on any atom is -0.462 e. The second-order valence-corrected chi connectivity index (χ2v) is 11.0. The fraction of sp³-hybridized carbons (Fsp3) is 0.278. The highest BCUT2D eigenvalue weighted by molar-refractivity contribution is 5.90. The highest BCUT2D eigenvalue weighted by Crippen LogP contribution is 2.30. The Bertz CT molecular complexity index is 1300. The lowest BCUT2D eigenvalue weighted by Crippen LogP contribution is -2.24. The number of benzene rings is 4. The number of hydrogen-bond donors (Lipinski definition) is 0. The summed E-state index contributed by atoms with van der Waals surface area (Å²) in [5.74, 6) is 0.133. The van der Waals surface area contributed by atoms with Gasteiger partial charge < -0.3 is 9.47 Å². The Morgan fingerprint density at radius 1 is 0.500 bits per heavy atom. The van der Waals surface area contributed by atoms with Crippen molar-refractivity contribution in [2.45, 2.75) is 39.5 Å². The molecule has 1 saturated carbocycles. The summed E-state index contributed by atoms with van der Waals surface area (Å²) in [5, 5.41) is 0. The molecule has 204 valence electrons. The molecular formula is C36H36O4. The summed E-state index contributed by atoms with van der Waals surface area (Å²) in [4.78, 5) is 25.2. The summed E-state index contributed by atoms with van der Waals surface area (Å²) in [6.07, 6.45) is 3.86. The number of ether oxygens (including phenoxy) is 2. The van der Waals surface area contributed by atoms with E-state index in [1.54, 1.807) is 0 Å². The van der Waals surface area contributed by atoms with Crippen LogP contribution in [0.5, 0.6) is 0 Å². The second kappa shape index (κ2) is 12.8. The third kappa shape index (κ3) is 7.06. The first-order chi connectivity index (χ1) is 19.4. The van der Waals surface area contributed by atoms with Crippen LogP contribution in [0.25, 0.3) is 22.3 Å². The Hall–Kier alpha value is -4.18. The van der Waals surface area contributed by atoms with Crippen molar-refractivity contribution in [3.8, 4) is 22.3 Å². The lowest BCUT2D eigenvalue weighted by Gasteiger charge is -2.27. The maximum absolute atomic E-state index is 12.6. The van der Waals surface area contributed by atoms with Gasteiger partial charge in [0.15, 0.2) is 0 Å². The van der Waals surface area contributed by atoms with E-state index in [4.69, 9.17) is 9.47 Å². The zero-order valence-electron chi connectivity index (χ0n) is 23.3. The molecule has 0 heterocycles. The maximum atomic E-state index is 12.6. The predicted octanol–water partition coefficient (Wildman–Crippen LogP) is 8.46. The van der Waals surface area contributed by atoms with Crippen molar-refractivity contribution in [2.75, 3.05) is 13.2 Å². The van der Waals surface area contributed by atoms with E-state index in [0.717, 1.165) is 47.9 Å². The zero-order valence-corrected chi connectivity index (χ0v) is 23.3. The van der Waals surface area contributed by atoms with Gasteiger partial charge in [-0.3, -0.25) is 0 Å². The van der Waals surface area contributed by atoms with Crippen molar-refractivity contribution in [3.05, 3.63) is 119 Å². The monoisotopic (exact) mass is 532 g/mol. The molecule has 4 nitrogen and oxygen atoms in total. The molecule has 1 aliphatic carbocycles. The van der Waals surface area contributed by atoms with Crippen molar-refractivity contribution < 1.29 is 19.1 Å². The maximum Gasteiger partial charge on any atom is 0.338 e. The molecule has 1 fully saturated rings. The quantitative estimate of drug-likeness (QED) is 0.214. The van der Waals surface area contributed by atoms with E-state index >= 15 is 0 Å². The van der Waals surface area contributed by atoms with Gasteiger partial charge in [0.1, 0.15) is 0 Å². The normalized spacial score (nSPS) is 16.8. The van der Waals surface area contributed by atoms with E-state index in [0.29, 0.717) is 36.2 Å². The molecule has 4 aromatic rings. The minimum atomic E-state index is -0.278. The minimum absolute atomic E-state index is 0.278. The third-order valence-electron chi connectivity index (χ3n) is 7.88. The van der Waals surface area contributed by atoms with E-state index < -0.39 is 0 Å². The average Bonchev–Trinajstić information content (AvgIpc) is 3.00. The van der Waals surface area contributed by atoms with Crippen LogP contribution in [-0.4, -0.2) is 25.2 Å². The molecule has 0 unspecified atom stereocenters. The number of rotatable bonds is 8. The topological polar surface area (TPSA) is 52.6 Å². The van der Waals surface area contributed by atoms with Crippen molar-refractivity contribution in [3.63, 3.8) is 0 Å². The van der Waals surface area contributed by atoms with Crippen LogP contribution in [0.1, 0.15) is 57.5 Å². The number of aryl methyl sites for hydroxylation is 2. The molecule has 0 bridgehead atoms. The molecule has 4 heteroatoms. The fourth-order valence-corrected chi connectivity index (χ4v) is 5.21. The first-order valence-electron chi connectivity index (χ1n) is 14.1. The Morgan fingerprint density at radius 2 is 0.775 bits per heavy atom. The predicted molar refractivity (Wildman–Crippen MR) is 159 cm³/mol. The van der Waals surface area contributed by atoms with Crippen LogP contribution in [0.2, 0.25) is 0 Å². The van der Waals surface area contributed by atoms with Gasteiger partial charge in [0.2, 0.25) is 0 Å². The summed E-state index contributed by atoms with van der Waals surface area (Å²) >= 11 is 0. The molecule has 4 aromatic carbocycles. The van der Waals surface area contributed by atoms with E-state index in [1.165, 1.54) is 11.1 Å². The van der Waals surface area contributed by atoms with Gasteiger partial charge in [-0.1, -0.05) is 83.9 Å². The van der Waals surface area contributed by atoms with Gasteiger partial charge in [-0.05, 0) is 97.9 Å². The Kier molecular flexibility index (Phi) is 8.75. The molecule has 0 atom stereocenters. The molecule has 0 aliphatic heterocycles. The molecule has 0 radical (unpaired) electrons. The molecule has 0 spiro atoms. The first kappa shape index (κ1) is 27.4. The summed E-state index contributed by atoms with van der Waals surface area (Å²) in [6.45, 7) is 4.99. The molecule has 0 saturated heterocycles. The van der Waals surface area contributed by atoms with Crippen LogP contribution in [0.15, 0.2) is 97.1 Å². The molecule has 0 amide bonds. The SMILES string of the molecule is Cc1ccc(-c2ccc(C(=O)OCC3CCC(COC(=O)c4ccc(-c5ccc(C)cc5)cc4)CC3)cc2)cc1. The first-order valence-corrected chi connectivity index (χ1v) is 14.1. The average molecular weight is 533 g/mol. The fourth-order valence-electron chi connectivity index (χ4n) is 5.21. The zero-order chi connectivity index (χ0) is 27.9. The van der Waals surface area contributed by atoms with Gasteiger partial charge in [0.05, 0.1) is 24.3 Å². The summed E-state index contributed by atoms with van der Waals surface area (Å²) in [6, 6.07) is 31.9. The van der Waals surface area contributed by atoms with Crippen LogP contribution in [-0.2, 0) is 9.47 Å². The van der Waals surface area contributed by atoms with Gasteiger partial charge in [-0.15, -0.1) is 0 Å². The van der Waals surface area contributed by atoms with Crippen LogP contribution in [0, 0.1) is 25.7 Å². The van der Waals surface area contributed by atoms with Gasteiger partial charge in [0.25, 0.3) is 0 Å². The van der Waals surface area contributed by atoms with Gasteiger partial charge in [-0.2, -0.15) is 0 Å². The Labute approximate surface area is 237 Å². The summed E-state index contributed by atoms with van der Waals surface area (Å²) in [7, 11) is 0. The van der Waals surface area contributed by atoms with Crippen molar-refractivity contribution in [1.29, 1.82) is 0 Å². The van der Waals surface area contributed by atoms with Crippen molar-refractivity contribution >= 4 is 11.9 Å². The summed E-state index contributed by atoms with van der Waals surface area (Å²) < 4.78 is 11.3. The van der Waals surface area contributed by atoms with Gasteiger partial charge in [-0.25, -0.2) is 9.59 Å². The van der Waals surface area contributed by atoms with Crippen molar-refractivity contribution in [2.24, 2.45) is 11.8 Å². The number of esters is 2. The molecule has 0 aromatic heterocycles. The second-order valence-electron chi connectivity index (χ2n) is 11.0. The Morgan fingerprint density at radius 3 is 1.07 bits per heavy atom. The highest BCUT2D eigenvalue weighted by atomic mass is 16.5. The lowest BCUT2D eigenvalue weighted by atomic mass is 9.83. The van der Waals surface area contributed by atoms with Crippen LogP contribution in [0.4, 0.5) is 0 Å². The molecule has 1 aliphatic rings. The summed E-state index contributed by atoms with van der Waals surface area (Å²) in [5.41, 5.74) is 8.00. The van der Waals surface area contributed by atoms with E-state index in [9.17, 15) is 9.59 Å². The van der Waals surface area contributed by atoms with Gasteiger partial charge >= 0.3 is 11.9 Å². The third-order valence-corrected chi connectivity index (χ3v) is 7.88. The van der Waals surface area contributed by atoms with E-state index in [-0.39, 0.29) is 11.9 Å². The van der Waals surface area contributed by atoms with E-state index in [2.05, 4.69) is 62.4 Å². The lowest BCUT2D eigenvalue weighted by molar-refractivity contribution is 0.0297. The van der Waals surface area contributed by atoms with Crippen LogP contribution >= 0.6 is 0 Å². The molecule has 0 N–H and O–H groups in total. The smallest absolute Gasteiger partial charge is 0.338 e. The largest absolute Gasteiger partial charge is 0.462 e. The molecule has 40 heavy (non-hydrogen) atoms. The number of carbonyl (C=O) groups is 2. The molecular weight excluding hydrogens is 496 g/mol. The highest BCUT2D eigenvalue weighted by Gasteiger charge is 2.24. The standard InChI is InChI=1S/C36H36O4/c1-25-3-11-29(12-4-25)31-15-19-33(20-16-31)35(37)39-23-27-7-9-28(10-8-27)24-40-36(38)34-21-17-32(18-22-34)30-13-5-26(2)6-14-30/h3-6,11-22,27-28H,7-10,23-24H2,1-2H3. The number of hydrogen-bond acceptors (Lipinski definition) is 4. The number of carbonyl (C=O) groups excluding carboxylic acids is 2. The van der Waals surface area contributed by atoms with E-state index in [1.807, 2.05) is 48.5 Å². The van der Waals surface area contributed by atoms with Crippen molar-refractivity contribution in [1.82, 2.24) is 0 Å². The molecule has 5 rings (SSSR count). The van der Waals surface area contributed by atoms with Gasteiger partial charge in [0, 0.05) is 0 Å². The Balaban J connectivity index is 1.02. The van der Waals surface area contributed by atoms with Crippen LogP contribution in [0.3, 0.4) is 0 Å². The van der Waals surface area contributed by atoms with Crippen LogP contribution < -0.4 is 0 Å².